The zero-order valence-electron chi connectivity index (χ0n) is 30.4. The van der Waals surface area contributed by atoms with Crippen molar-refractivity contribution < 1.29 is 9.59 Å². The summed E-state index contributed by atoms with van der Waals surface area (Å²) >= 11 is 0. The third-order valence-corrected chi connectivity index (χ3v) is 8.54. The van der Waals surface area contributed by atoms with Crippen LogP contribution in [0.15, 0.2) is 12.2 Å². The van der Waals surface area contributed by atoms with Crippen LogP contribution in [0.4, 0.5) is 0 Å². The molecular weight excluding hydrogens is 540 g/mol. The minimum absolute atomic E-state index is 0.166. The van der Waals surface area contributed by atoms with Crippen LogP contribution in [-0.2, 0) is 9.59 Å². The van der Waals surface area contributed by atoms with Crippen LogP contribution >= 0.6 is 0 Å². The van der Waals surface area contributed by atoms with E-state index in [1.807, 2.05) is 0 Å². The van der Waals surface area contributed by atoms with Gasteiger partial charge in [0.1, 0.15) is 0 Å². The predicted molar refractivity (Wildman–Crippen MR) is 196 cm³/mol. The van der Waals surface area contributed by atoms with Crippen LogP contribution in [0.3, 0.4) is 0 Å². The van der Waals surface area contributed by atoms with Gasteiger partial charge < -0.3 is 11.1 Å². The van der Waals surface area contributed by atoms with E-state index in [9.17, 15) is 9.59 Å². The average Bonchev–Trinajstić information content (AvgIpc) is 3.01. The monoisotopic (exact) mass is 621 g/mol. The molecule has 262 valence electrons. The van der Waals surface area contributed by atoms with Crippen molar-refractivity contribution >= 4 is 11.8 Å². The van der Waals surface area contributed by atoms with Crippen molar-refractivity contribution in [1.82, 2.24) is 5.32 Å². The molecular formula is C40H80N2O2. The second kappa shape index (κ2) is 41.7. The summed E-state index contributed by atoms with van der Waals surface area (Å²) in [5.41, 5.74) is 5.08. The Bertz CT molecular complexity index is 590. The molecule has 0 atom stereocenters. The Morgan fingerprint density at radius 1 is 0.432 bits per heavy atom. The molecule has 0 aromatic heterocycles. The highest BCUT2D eigenvalue weighted by Crippen LogP contribution is 2.14. The molecule has 4 heteroatoms. The molecule has 0 aromatic carbocycles. The Balaban J connectivity index is 0. The quantitative estimate of drug-likeness (QED) is 0.0555. The first kappa shape index (κ1) is 44.8. The molecule has 0 unspecified atom stereocenters. The van der Waals surface area contributed by atoms with Gasteiger partial charge in [-0.3, -0.25) is 9.59 Å². The minimum atomic E-state index is -0.166. The van der Waals surface area contributed by atoms with E-state index in [4.69, 9.17) is 5.73 Å². The van der Waals surface area contributed by atoms with E-state index in [1.165, 1.54) is 167 Å². The summed E-state index contributed by atoms with van der Waals surface area (Å²) in [7, 11) is 0. The fourth-order valence-electron chi connectivity index (χ4n) is 5.54. The Labute approximate surface area is 277 Å². The first-order valence-electron chi connectivity index (χ1n) is 19.8. The van der Waals surface area contributed by atoms with Crippen molar-refractivity contribution in [2.75, 3.05) is 6.54 Å². The number of primary amides is 1. The van der Waals surface area contributed by atoms with Crippen LogP contribution in [0.25, 0.3) is 0 Å². The molecule has 0 radical (unpaired) electrons. The minimum Gasteiger partial charge on any atom is -0.370 e. The average molecular weight is 621 g/mol. The van der Waals surface area contributed by atoms with Crippen LogP contribution in [0.1, 0.15) is 226 Å². The number of nitrogens with one attached hydrogen (secondary N) is 1. The summed E-state index contributed by atoms with van der Waals surface area (Å²) in [6.45, 7) is 7.62. The molecule has 0 rings (SSSR count). The summed E-state index contributed by atoms with van der Waals surface area (Å²) in [5, 5.41) is 3.05. The van der Waals surface area contributed by atoms with E-state index in [0.29, 0.717) is 6.42 Å². The number of allylic oxidation sites excluding steroid dienone is 2. The molecule has 0 fully saturated rings. The van der Waals surface area contributed by atoms with E-state index in [1.54, 1.807) is 0 Å². The second-order valence-electron chi connectivity index (χ2n) is 13.2. The predicted octanol–water partition coefficient (Wildman–Crippen LogP) is 12.7. The van der Waals surface area contributed by atoms with E-state index in [0.717, 1.165) is 38.6 Å². The van der Waals surface area contributed by atoms with Gasteiger partial charge in [-0.2, -0.15) is 0 Å². The van der Waals surface area contributed by atoms with Gasteiger partial charge in [0.05, 0.1) is 0 Å². The lowest BCUT2D eigenvalue weighted by Gasteiger charge is -2.05. The molecule has 0 bridgehead atoms. The molecule has 0 heterocycles. The highest BCUT2D eigenvalue weighted by Gasteiger charge is 2.00. The van der Waals surface area contributed by atoms with E-state index >= 15 is 0 Å². The van der Waals surface area contributed by atoms with Crippen molar-refractivity contribution in [2.24, 2.45) is 5.73 Å². The first-order chi connectivity index (χ1) is 21.6. The lowest BCUT2D eigenvalue weighted by atomic mass is 10.0. The van der Waals surface area contributed by atoms with Gasteiger partial charge in [-0.1, -0.05) is 181 Å². The van der Waals surface area contributed by atoms with Gasteiger partial charge in [0.15, 0.2) is 0 Å². The third-order valence-electron chi connectivity index (χ3n) is 8.54. The smallest absolute Gasteiger partial charge is 0.219 e. The second-order valence-corrected chi connectivity index (χ2v) is 13.2. The Morgan fingerprint density at radius 3 is 1.16 bits per heavy atom. The van der Waals surface area contributed by atoms with Crippen LogP contribution in [0.2, 0.25) is 0 Å². The maximum absolute atomic E-state index is 11.7. The molecule has 0 aromatic rings. The van der Waals surface area contributed by atoms with Crippen molar-refractivity contribution in [3.63, 3.8) is 0 Å². The Kier molecular flexibility index (Phi) is 42.4. The SMILES string of the molecule is CCCCCC/C=C\CCCCCCCC(N)=O.CCCCCCCCCCCCCCCCCC(=O)NCCCCCC. The van der Waals surface area contributed by atoms with Gasteiger partial charge >= 0.3 is 0 Å². The highest BCUT2D eigenvalue weighted by atomic mass is 16.1. The maximum atomic E-state index is 11.7. The number of nitrogens with two attached hydrogens (primary N) is 1. The van der Waals surface area contributed by atoms with E-state index in [2.05, 4.69) is 38.2 Å². The topological polar surface area (TPSA) is 72.2 Å². The van der Waals surface area contributed by atoms with Crippen LogP contribution in [0.5, 0.6) is 0 Å². The summed E-state index contributed by atoms with van der Waals surface area (Å²) in [5.74, 6) is 0.0946. The Hall–Kier alpha value is -1.32. The molecule has 0 saturated carbocycles. The number of hydrogen-bond donors (Lipinski definition) is 2. The van der Waals surface area contributed by atoms with Crippen molar-refractivity contribution in [3.05, 3.63) is 12.2 Å². The van der Waals surface area contributed by atoms with Crippen LogP contribution in [-0.4, -0.2) is 18.4 Å². The molecule has 0 aliphatic heterocycles. The van der Waals surface area contributed by atoms with E-state index in [-0.39, 0.29) is 11.8 Å². The molecule has 4 nitrogen and oxygen atoms in total. The first-order valence-corrected chi connectivity index (χ1v) is 19.8. The summed E-state index contributed by atoms with van der Waals surface area (Å²) < 4.78 is 0. The van der Waals surface area contributed by atoms with E-state index < -0.39 is 0 Å². The fourth-order valence-corrected chi connectivity index (χ4v) is 5.54. The highest BCUT2D eigenvalue weighted by molar-refractivity contribution is 5.75. The van der Waals surface area contributed by atoms with Crippen molar-refractivity contribution in [3.8, 4) is 0 Å². The number of hydrogen-bond acceptors (Lipinski definition) is 2. The number of carbonyl (C=O) groups is 2. The maximum Gasteiger partial charge on any atom is 0.219 e. The van der Waals surface area contributed by atoms with Crippen LogP contribution in [0, 0.1) is 0 Å². The summed E-state index contributed by atoms with van der Waals surface area (Å²) in [6, 6.07) is 0. The van der Waals surface area contributed by atoms with Gasteiger partial charge in [-0.25, -0.2) is 0 Å². The zero-order valence-corrected chi connectivity index (χ0v) is 30.4. The van der Waals surface area contributed by atoms with Crippen molar-refractivity contribution in [1.29, 1.82) is 0 Å². The normalized spacial score (nSPS) is 11.1. The molecule has 0 aliphatic carbocycles. The van der Waals surface area contributed by atoms with Crippen molar-refractivity contribution in [2.45, 2.75) is 226 Å². The van der Waals surface area contributed by atoms with Gasteiger partial charge in [-0.05, 0) is 44.9 Å². The summed E-state index contributed by atoms with van der Waals surface area (Å²) in [6.07, 6.45) is 45.3. The Morgan fingerprint density at radius 2 is 0.750 bits per heavy atom. The molecule has 44 heavy (non-hydrogen) atoms. The number of amides is 2. The molecule has 0 aliphatic rings. The molecule has 3 N–H and O–H groups in total. The standard InChI is InChI=1S/C24H49NO.C16H31NO/c1-3-5-7-9-10-11-12-13-14-15-16-17-18-19-20-22-24(26)25-23-21-8-6-4-2;1-2-3-4-5-6-7-8-9-10-11-12-13-14-15-16(17)18/h3-23H2,1-2H3,(H,25,26);7-8H,2-6,9-15H2,1H3,(H2,17,18)/b;8-7-. The van der Waals surface area contributed by atoms with Gasteiger partial charge in [-0.15, -0.1) is 0 Å². The summed E-state index contributed by atoms with van der Waals surface area (Å²) in [4.78, 5) is 22.2. The molecule has 2 amide bonds. The number of rotatable bonds is 34. The van der Waals surface area contributed by atoms with Gasteiger partial charge in [0, 0.05) is 19.4 Å². The van der Waals surface area contributed by atoms with Gasteiger partial charge in [0.25, 0.3) is 0 Å². The molecule has 0 spiro atoms. The largest absolute Gasteiger partial charge is 0.370 e. The third kappa shape index (κ3) is 45.1. The number of carbonyl (C=O) groups excluding carboxylic acids is 2. The number of unbranched alkanes of at least 4 members (excludes halogenated alkanes) is 26. The lowest BCUT2D eigenvalue weighted by molar-refractivity contribution is -0.121. The lowest BCUT2D eigenvalue weighted by Crippen LogP contribution is -2.23. The zero-order chi connectivity index (χ0) is 32.6. The fraction of sp³-hybridized carbons (Fsp3) is 0.900. The molecule has 0 saturated heterocycles. The van der Waals surface area contributed by atoms with Gasteiger partial charge in [0.2, 0.25) is 11.8 Å². The van der Waals surface area contributed by atoms with Crippen LogP contribution < -0.4 is 11.1 Å².